The number of hydrogen-bond donors (Lipinski definition) is 1. The molecule has 0 radical (unpaired) electrons. The highest BCUT2D eigenvalue weighted by molar-refractivity contribution is 6.30. The highest BCUT2D eigenvalue weighted by atomic mass is 35.5. The molecule has 5 nitrogen and oxygen atoms in total. The van der Waals surface area contributed by atoms with E-state index in [0.717, 1.165) is 16.9 Å². The SMILES string of the molecule is COc1ccc(/C=N\NC(=O)[C@@H](C)Oc2ccc(Cl)cc2C)cc1. The maximum atomic E-state index is 12.0. The molecule has 0 aliphatic heterocycles. The highest BCUT2D eigenvalue weighted by Crippen LogP contribution is 2.22. The van der Waals surface area contributed by atoms with Crippen molar-refractivity contribution in [2.45, 2.75) is 20.0 Å². The summed E-state index contributed by atoms with van der Waals surface area (Å²) in [4.78, 5) is 12.0. The average molecular weight is 347 g/mol. The summed E-state index contributed by atoms with van der Waals surface area (Å²) in [5, 5.41) is 4.56. The van der Waals surface area contributed by atoms with Gasteiger partial charge in [-0.05, 0) is 67.4 Å². The number of hydrogen-bond acceptors (Lipinski definition) is 4. The zero-order chi connectivity index (χ0) is 17.5. The molecule has 2 rings (SSSR count). The van der Waals surface area contributed by atoms with Crippen molar-refractivity contribution >= 4 is 23.7 Å². The molecule has 0 aromatic heterocycles. The second-order valence-corrected chi connectivity index (χ2v) is 5.61. The van der Waals surface area contributed by atoms with Gasteiger partial charge in [-0.1, -0.05) is 11.6 Å². The Morgan fingerprint density at radius 1 is 1.25 bits per heavy atom. The molecule has 0 spiro atoms. The molecule has 0 heterocycles. The zero-order valence-corrected chi connectivity index (χ0v) is 14.5. The van der Waals surface area contributed by atoms with Crippen molar-refractivity contribution in [2.75, 3.05) is 7.11 Å². The molecule has 0 aliphatic carbocycles. The van der Waals surface area contributed by atoms with Gasteiger partial charge in [-0.2, -0.15) is 5.10 Å². The van der Waals surface area contributed by atoms with Crippen LogP contribution in [0.5, 0.6) is 11.5 Å². The molecule has 0 aliphatic rings. The molecule has 0 saturated carbocycles. The molecule has 0 bridgehead atoms. The number of halogens is 1. The number of hydrazone groups is 1. The minimum atomic E-state index is -0.683. The smallest absolute Gasteiger partial charge is 0.280 e. The van der Waals surface area contributed by atoms with E-state index in [1.54, 1.807) is 38.4 Å². The standard InChI is InChI=1S/C18H19ClN2O3/c1-12-10-15(19)6-9-17(12)24-13(2)18(22)21-20-11-14-4-7-16(23-3)8-5-14/h4-11,13H,1-3H3,(H,21,22)/b20-11-/t13-/m1/s1. The Balaban J connectivity index is 1.89. The van der Waals surface area contributed by atoms with E-state index in [9.17, 15) is 4.79 Å². The monoisotopic (exact) mass is 346 g/mol. The Labute approximate surface area is 146 Å². The Hall–Kier alpha value is -2.53. The van der Waals surface area contributed by atoms with Gasteiger partial charge >= 0.3 is 0 Å². The van der Waals surface area contributed by atoms with E-state index < -0.39 is 6.10 Å². The van der Waals surface area contributed by atoms with Gasteiger partial charge in [0.2, 0.25) is 0 Å². The van der Waals surface area contributed by atoms with Crippen molar-refractivity contribution in [3.05, 3.63) is 58.6 Å². The van der Waals surface area contributed by atoms with Crippen molar-refractivity contribution in [1.29, 1.82) is 0 Å². The molecule has 2 aromatic carbocycles. The van der Waals surface area contributed by atoms with Crippen LogP contribution < -0.4 is 14.9 Å². The van der Waals surface area contributed by atoms with Crippen LogP contribution in [-0.2, 0) is 4.79 Å². The van der Waals surface area contributed by atoms with Crippen LogP contribution in [0.1, 0.15) is 18.1 Å². The average Bonchev–Trinajstić information content (AvgIpc) is 2.57. The third-order valence-electron chi connectivity index (χ3n) is 3.31. The number of carbonyl (C=O) groups is 1. The largest absolute Gasteiger partial charge is 0.497 e. The fraction of sp³-hybridized carbons (Fsp3) is 0.222. The summed E-state index contributed by atoms with van der Waals surface area (Å²) in [6.07, 6.45) is 0.871. The molecular weight excluding hydrogens is 328 g/mol. The van der Waals surface area contributed by atoms with Crippen LogP contribution in [0.25, 0.3) is 0 Å². The van der Waals surface area contributed by atoms with Gasteiger partial charge < -0.3 is 9.47 Å². The number of aryl methyl sites for hydroxylation is 1. The maximum Gasteiger partial charge on any atom is 0.280 e. The van der Waals surface area contributed by atoms with Crippen LogP contribution in [-0.4, -0.2) is 25.3 Å². The van der Waals surface area contributed by atoms with Crippen LogP contribution in [0.4, 0.5) is 0 Å². The topological polar surface area (TPSA) is 59.9 Å². The minimum absolute atomic E-state index is 0.339. The van der Waals surface area contributed by atoms with Crippen molar-refractivity contribution in [3.8, 4) is 11.5 Å². The predicted molar refractivity (Wildman–Crippen MR) is 95.0 cm³/mol. The normalized spacial score (nSPS) is 12.0. The Morgan fingerprint density at radius 3 is 2.58 bits per heavy atom. The second-order valence-electron chi connectivity index (χ2n) is 5.18. The first-order chi connectivity index (χ1) is 11.5. The fourth-order valence-electron chi connectivity index (χ4n) is 1.94. The molecule has 6 heteroatoms. The number of carbonyl (C=O) groups excluding carboxylic acids is 1. The lowest BCUT2D eigenvalue weighted by atomic mass is 10.2. The lowest BCUT2D eigenvalue weighted by molar-refractivity contribution is -0.127. The Morgan fingerprint density at radius 2 is 1.96 bits per heavy atom. The summed E-state index contributed by atoms with van der Waals surface area (Å²) in [6, 6.07) is 12.6. The number of nitrogens with one attached hydrogen (secondary N) is 1. The summed E-state index contributed by atoms with van der Waals surface area (Å²) >= 11 is 5.90. The van der Waals surface area contributed by atoms with Crippen LogP contribution in [0.15, 0.2) is 47.6 Å². The van der Waals surface area contributed by atoms with E-state index in [1.807, 2.05) is 31.2 Å². The molecule has 1 atom stereocenters. The third-order valence-corrected chi connectivity index (χ3v) is 3.55. The summed E-state index contributed by atoms with van der Waals surface area (Å²) in [6.45, 7) is 3.53. The molecule has 1 N–H and O–H groups in total. The van der Waals surface area contributed by atoms with Gasteiger partial charge in [-0.15, -0.1) is 0 Å². The first-order valence-electron chi connectivity index (χ1n) is 7.39. The van der Waals surface area contributed by atoms with E-state index in [2.05, 4.69) is 10.5 Å². The first-order valence-corrected chi connectivity index (χ1v) is 7.77. The molecule has 0 saturated heterocycles. The molecule has 1 amide bonds. The number of methoxy groups -OCH3 is 1. The van der Waals surface area contributed by atoms with E-state index in [4.69, 9.17) is 21.1 Å². The molecule has 0 fully saturated rings. The number of rotatable bonds is 6. The molecule has 0 unspecified atom stereocenters. The maximum absolute atomic E-state index is 12.0. The van der Waals surface area contributed by atoms with Crippen molar-refractivity contribution in [2.24, 2.45) is 5.10 Å². The van der Waals surface area contributed by atoms with Gasteiger partial charge in [0.25, 0.3) is 5.91 Å². The first kappa shape index (κ1) is 17.8. The van der Waals surface area contributed by atoms with Crippen LogP contribution >= 0.6 is 11.6 Å². The van der Waals surface area contributed by atoms with Gasteiger partial charge in [0.05, 0.1) is 13.3 Å². The molecule has 2 aromatic rings. The van der Waals surface area contributed by atoms with E-state index >= 15 is 0 Å². The van der Waals surface area contributed by atoms with Crippen LogP contribution in [0, 0.1) is 6.92 Å². The quantitative estimate of drug-likeness (QED) is 0.642. The van der Waals surface area contributed by atoms with Crippen LogP contribution in [0.2, 0.25) is 5.02 Å². The van der Waals surface area contributed by atoms with Gasteiger partial charge in [-0.25, -0.2) is 5.43 Å². The van der Waals surface area contributed by atoms with Gasteiger partial charge in [0, 0.05) is 5.02 Å². The van der Waals surface area contributed by atoms with Crippen molar-refractivity contribution in [3.63, 3.8) is 0 Å². The van der Waals surface area contributed by atoms with E-state index in [1.165, 1.54) is 0 Å². The van der Waals surface area contributed by atoms with Gasteiger partial charge in [-0.3, -0.25) is 4.79 Å². The summed E-state index contributed by atoms with van der Waals surface area (Å²) in [5.41, 5.74) is 4.17. The number of ether oxygens (including phenoxy) is 2. The summed E-state index contributed by atoms with van der Waals surface area (Å²) in [5.74, 6) is 1.03. The summed E-state index contributed by atoms with van der Waals surface area (Å²) < 4.78 is 10.7. The minimum Gasteiger partial charge on any atom is -0.497 e. The fourth-order valence-corrected chi connectivity index (χ4v) is 2.17. The second kappa shape index (κ2) is 8.36. The predicted octanol–water partition coefficient (Wildman–Crippen LogP) is 3.57. The molecule has 126 valence electrons. The van der Waals surface area contributed by atoms with Gasteiger partial charge in [0.15, 0.2) is 6.10 Å². The number of nitrogens with zero attached hydrogens (tertiary/aromatic N) is 1. The van der Waals surface area contributed by atoms with E-state index in [0.29, 0.717) is 10.8 Å². The van der Waals surface area contributed by atoms with Crippen LogP contribution in [0.3, 0.4) is 0 Å². The van der Waals surface area contributed by atoms with E-state index in [-0.39, 0.29) is 5.91 Å². The highest BCUT2D eigenvalue weighted by Gasteiger charge is 2.15. The summed E-state index contributed by atoms with van der Waals surface area (Å²) in [7, 11) is 1.60. The van der Waals surface area contributed by atoms with Crippen molar-refractivity contribution < 1.29 is 14.3 Å². The lowest BCUT2D eigenvalue weighted by Crippen LogP contribution is -2.33. The number of amides is 1. The lowest BCUT2D eigenvalue weighted by Gasteiger charge is -2.14. The Bertz CT molecular complexity index is 730. The zero-order valence-electron chi connectivity index (χ0n) is 13.7. The van der Waals surface area contributed by atoms with Gasteiger partial charge in [0.1, 0.15) is 11.5 Å². The number of benzene rings is 2. The Kier molecular flexibility index (Phi) is 6.21. The molecule has 24 heavy (non-hydrogen) atoms. The third kappa shape index (κ3) is 4.99. The molecular formula is C18H19ClN2O3. The van der Waals surface area contributed by atoms with Crippen molar-refractivity contribution in [1.82, 2.24) is 5.43 Å².